The number of thioether (sulfide) groups is 1. The van der Waals surface area contributed by atoms with Crippen LogP contribution in [0.4, 0.5) is 0 Å². The predicted octanol–water partition coefficient (Wildman–Crippen LogP) is 0.608. The van der Waals surface area contributed by atoms with E-state index in [-0.39, 0.29) is 5.84 Å². The molecule has 1 rings (SSSR count). The minimum absolute atomic E-state index is 0.246. The van der Waals surface area contributed by atoms with E-state index in [0.29, 0.717) is 11.3 Å². The van der Waals surface area contributed by atoms with Crippen LogP contribution in [0.1, 0.15) is 19.3 Å². The number of hydrogen-bond acceptors (Lipinski definition) is 4. The average Bonchev–Trinajstić information content (AvgIpc) is 2.09. The molecular formula is C8H17N3OS. The van der Waals surface area contributed by atoms with Crippen LogP contribution in [0, 0.1) is 0 Å². The Labute approximate surface area is 82.9 Å². The molecule has 4 N–H and O–H groups in total. The first kappa shape index (κ1) is 10.7. The molecular weight excluding hydrogens is 186 g/mol. The molecule has 0 aromatic heterocycles. The summed E-state index contributed by atoms with van der Waals surface area (Å²) in [5, 5.41) is 14.4. The minimum Gasteiger partial charge on any atom is -0.409 e. The molecule has 0 aromatic rings. The van der Waals surface area contributed by atoms with Crippen molar-refractivity contribution in [3.63, 3.8) is 0 Å². The third-order valence-corrected chi connectivity index (χ3v) is 4.00. The number of nitrogens with one attached hydrogen (secondary N) is 1. The maximum absolute atomic E-state index is 8.31. The van der Waals surface area contributed by atoms with Crippen molar-refractivity contribution < 1.29 is 5.21 Å². The Balaban J connectivity index is 2.18. The largest absolute Gasteiger partial charge is 0.409 e. The quantitative estimate of drug-likeness (QED) is 0.265. The number of oxime groups is 1. The van der Waals surface area contributed by atoms with Gasteiger partial charge >= 0.3 is 0 Å². The van der Waals surface area contributed by atoms with Crippen LogP contribution in [0.5, 0.6) is 0 Å². The zero-order chi connectivity index (χ0) is 9.73. The van der Waals surface area contributed by atoms with Crippen LogP contribution >= 0.6 is 11.8 Å². The molecule has 0 radical (unpaired) electrons. The fourth-order valence-corrected chi connectivity index (χ4v) is 2.42. The van der Waals surface area contributed by atoms with Gasteiger partial charge in [0.1, 0.15) is 0 Å². The third kappa shape index (κ3) is 2.77. The highest BCUT2D eigenvalue weighted by Crippen LogP contribution is 2.41. The molecule has 76 valence electrons. The Hall–Kier alpha value is -0.420. The maximum Gasteiger partial charge on any atom is 0.153 e. The van der Waals surface area contributed by atoms with Gasteiger partial charge in [0.25, 0.3) is 0 Å². The minimum atomic E-state index is 0.246. The van der Waals surface area contributed by atoms with Gasteiger partial charge in [0.2, 0.25) is 0 Å². The molecule has 0 aliphatic heterocycles. The molecule has 0 unspecified atom stereocenters. The smallest absolute Gasteiger partial charge is 0.153 e. The molecule has 0 heterocycles. The molecule has 0 amide bonds. The maximum atomic E-state index is 8.31. The lowest BCUT2D eigenvalue weighted by Gasteiger charge is -2.40. The second-order valence-corrected chi connectivity index (χ2v) is 4.71. The average molecular weight is 203 g/mol. The summed E-state index contributed by atoms with van der Waals surface area (Å²) in [6, 6.07) is 0. The number of nitrogens with two attached hydrogens (primary N) is 1. The SMILES string of the molecule is CSC1(CNCC(N)=NO)CCC1. The molecule has 1 saturated carbocycles. The van der Waals surface area contributed by atoms with Crippen LogP contribution in [0.2, 0.25) is 0 Å². The van der Waals surface area contributed by atoms with Crippen LogP contribution in [-0.2, 0) is 0 Å². The summed E-state index contributed by atoms with van der Waals surface area (Å²) in [4.78, 5) is 0. The van der Waals surface area contributed by atoms with Crippen molar-refractivity contribution in [1.82, 2.24) is 5.32 Å². The van der Waals surface area contributed by atoms with E-state index in [4.69, 9.17) is 10.9 Å². The van der Waals surface area contributed by atoms with E-state index < -0.39 is 0 Å². The monoisotopic (exact) mass is 203 g/mol. The Morgan fingerprint density at radius 2 is 2.38 bits per heavy atom. The number of rotatable bonds is 5. The second-order valence-electron chi connectivity index (χ2n) is 3.44. The first-order valence-electron chi connectivity index (χ1n) is 4.45. The summed E-state index contributed by atoms with van der Waals surface area (Å²) >= 11 is 1.91. The van der Waals surface area contributed by atoms with Crippen molar-refractivity contribution in [3.8, 4) is 0 Å². The van der Waals surface area contributed by atoms with Gasteiger partial charge in [-0.15, -0.1) is 0 Å². The lowest BCUT2D eigenvalue weighted by molar-refractivity contribution is 0.315. The van der Waals surface area contributed by atoms with E-state index in [1.54, 1.807) is 0 Å². The molecule has 0 atom stereocenters. The molecule has 1 aliphatic carbocycles. The van der Waals surface area contributed by atoms with Crippen molar-refractivity contribution in [2.24, 2.45) is 10.9 Å². The normalized spacial score (nSPS) is 21.2. The molecule has 1 aliphatic rings. The summed E-state index contributed by atoms with van der Waals surface area (Å²) < 4.78 is 0.412. The van der Waals surface area contributed by atoms with Crippen molar-refractivity contribution in [3.05, 3.63) is 0 Å². The number of amidine groups is 1. The van der Waals surface area contributed by atoms with E-state index in [9.17, 15) is 0 Å². The van der Waals surface area contributed by atoms with Crippen LogP contribution in [0.3, 0.4) is 0 Å². The van der Waals surface area contributed by atoms with Gasteiger partial charge in [-0.2, -0.15) is 11.8 Å². The topological polar surface area (TPSA) is 70.6 Å². The zero-order valence-electron chi connectivity index (χ0n) is 7.92. The van der Waals surface area contributed by atoms with Crippen molar-refractivity contribution >= 4 is 17.6 Å². The van der Waals surface area contributed by atoms with Crippen LogP contribution in [0.25, 0.3) is 0 Å². The Kier molecular flexibility index (Phi) is 3.87. The van der Waals surface area contributed by atoms with E-state index in [1.807, 2.05) is 11.8 Å². The fraction of sp³-hybridized carbons (Fsp3) is 0.875. The molecule has 0 bridgehead atoms. The van der Waals surface area contributed by atoms with Crippen LogP contribution in [-0.4, -0.2) is 35.1 Å². The Morgan fingerprint density at radius 1 is 1.69 bits per heavy atom. The van der Waals surface area contributed by atoms with Crippen molar-refractivity contribution in [1.29, 1.82) is 0 Å². The van der Waals surface area contributed by atoms with E-state index in [1.165, 1.54) is 19.3 Å². The first-order valence-corrected chi connectivity index (χ1v) is 5.67. The highest BCUT2D eigenvalue weighted by Gasteiger charge is 2.35. The molecule has 0 saturated heterocycles. The van der Waals surface area contributed by atoms with Gasteiger partial charge in [0.05, 0.1) is 6.54 Å². The van der Waals surface area contributed by atoms with E-state index >= 15 is 0 Å². The molecule has 0 aromatic carbocycles. The Bertz CT molecular complexity index is 186. The van der Waals surface area contributed by atoms with Gasteiger partial charge in [0.15, 0.2) is 5.84 Å². The summed E-state index contributed by atoms with van der Waals surface area (Å²) in [5.41, 5.74) is 5.33. The van der Waals surface area contributed by atoms with Gasteiger partial charge < -0.3 is 16.3 Å². The van der Waals surface area contributed by atoms with E-state index in [0.717, 1.165) is 6.54 Å². The Morgan fingerprint density at radius 3 is 2.77 bits per heavy atom. The predicted molar refractivity (Wildman–Crippen MR) is 56.4 cm³/mol. The van der Waals surface area contributed by atoms with Crippen LogP contribution in [0.15, 0.2) is 5.16 Å². The highest BCUT2D eigenvalue weighted by atomic mass is 32.2. The molecule has 5 heteroatoms. The lowest BCUT2D eigenvalue weighted by atomic mass is 9.84. The number of hydrogen-bond donors (Lipinski definition) is 3. The standard InChI is InChI=1S/C8H17N3OS/c1-13-8(3-2-4-8)6-10-5-7(9)11-12/h10,12H,2-6H2,1H3,(H2,9,11). The summed E-state index contributed by atoms with van der Waals surface area (Å²) in [6.45, 7) is 1.42. The summed E-state index contributed by atoms with van der Waals surface area (Å²) in [5.74, 6) is 0.246. The van der Waals surface area contributed by atoms with Crippen LogP contribution < -0.4 is 11.1 Å². The summed E-state index contributed by atoms with van der Waals surface area (Å²) in [6.07, 6.45) is 6.02. The van der Waals surface area contributed by atoms with E-state index in [2.05, 4.69) is 16.7 Å². The molecule has 1 fully saturated rings. The zero-order valence-corrected chi connectivity index (χ0v) is 8.73. The van der Waals surface area contributed by atoms with Gasteiger partial charge in [-0.1, -0.05) is 11.6 Å². The fourth-order valence-electron chi connectivity index (χ4n) is 1.48. The lowest BCUT2D eigenvalue weighted by Crippen LogP contribution is -2.45. The van der Waals surface area contributed by atoms with Gasteiger partial charge in [-0.3, -0.25) is 0 Å². The summed E-state index contributed by atoms with van der Waals surface area (Å²) in [7, 11) is 0. The molecule has 13 heavy (non-hydrogen) atoms. The molecule has 0 spiro atoms. The first-order chi connectivity index (χ1) is 6.22. The highest BCUT2D eigenvalue weighted by molar-refractivity contribution is 8.00. The van der Waals surface area contributed by atoms with Crippen molar-refractivity contribution in [2.75, 3.05) is 19.3 Å². The second kappa shape index (κ2) is 4.72. The third-order valence-electron chi connectivity index (χ3n) is 2.58. The van der Waals surface area contributed by atoms with Gasteiger partial charge in [-0.25, -0.2) is 0 Å². The van der Waals surface area contributed by atoms with Gasteiger partial charge in [0, 0.05) is 11.3 Å². The van der Waals surface area contributed by atoms with Crippen molar-refractivity contribution in [2.45, 2.75) is 24.0 Å². The molecule has 4 nitrogen and oxygen atoms in total. The van der Waals surface area contributed by atoms with Gasteiger partial charge in [-0.05, 0) is 19.1 Å². The number of nitrogens with zero attached hydrogens (tertiary/aromatic N) is 1.